The van der Waals surface area contributed by atoms with E-state index in [1.54, 1.807) is 18.2 Å². The van der Waals surface area contributed by atoms with Crippen LogP contribution in [0.25, 0.3) is 0 Å². The highest BCUT2D eigenvalue weighted by Gasteiger charge is 2.18. The maximum Gasteiger partial charge on any atom is 0.293 e. The van der Waals surface area contributed by atoms with Crippen molar-refractivity contribution in [2.45, 2.75) is 6.42 Å². The Balaban J connectivity index is 1.92. The van der Waals surface area contributed by atoms with Crippen molar-refractivity contribution in [1.29, 1.82) is 0 Å². The highest BCUT2D eigenvalue weighted by Crippen LogP contribution is 2.35. The monoisotopic (exact) mass is 329 g/mol. The van der Waals surface area contributed by atoms with E-state index in [2.05, 4.69) is 5.32 Å². The number of amides is 1. The van der Waals surface area contributed by atoms with Gasteiger partial charge in [-0.1, -0.05) is 0 Å². The van der Waals surface area contributed by atoms with Gasteiger partial charge in [-0.25, -0.2) is 0 Å². The summed E-state index contributed by atoms with van der Waals surface area (Å²) in [5.41, 5.74) is 5.86. The average molecular weight is 329 g/mol. The fraction of sp³-hybridized carbons (Fsp3) is 0.188. The summed E-state index contributed by atoms with van der Waals surface area (Å²) in [6.45, 7) is 1.13. The number of nitro benzene ring substituents is 1. The summed E-state index contributed by atoms with van der Waals surface area (Å²) < 4.78 is 11.1. The number of hydrogen-bond acceptors (Lipinski definition) is 6. The number of rotatable bonds is 4. The van der Waals surface area contributed by atoms with Gasteiger partial charge in [-0.3, -0.25) is 14.9 Å². The van der Waals surface area contributed by atoms with Crippen LogP contribution in [-0.2, 0) is 0 Å². The second-order valence-electron chi connectivity index (χ2n) is 5.19. The Labute approximate surface area is 137 Å². The zero-order chi connectivity index (χ0) is 17.1. The van der Waals surface area contributed by atoms with Gasteiger partial charge in [-0.05, 0) is 24.3 Å². The standard InChI is InChI=1S/C16H15N3O5/c17-16(20)10-2-4-12(13(8-10)19(21)22)18-11-3-5-14-15(9-11)24-7-1-6-23-14/h2-5,8-9,18H,1,6-7H2,(H2,17,20). The molecule has 0 fully saturated rings. The molecule has 0 atom stereocenters. The summed E-state index contributed by atoms with van der Waals surface area (Å²) in [6.07, 6.45) is 0.789. The molecule has 3 N–H and O–H groups in total. The molecular weight excluding hydrogens is 314 g/mol. The van der Waals surface area contributed by atoms with Crippen LogP contribution in [0, 0.1) is 10.1 Å². The summed E-state index contributed by atoms with van der Waals surface area (Å²) in [7, 11) is 0. The van der Waals surface area contributed by atoms with Crippen molar-refractivity contribution in [3.05, 3.63) is 52.1 Å². The van der Waals surface area contributed by atoms with E-state index in [9.17, 15) is 14.9 Å². The Morgan fingerprint density at radius 2 is 1.88 bits per heavy atom. The highest BCUT2D eigenvalue weighted by atomic mass is 16.6. The van der Waals surface area contributed by atoms with Gasteiger partial charge in [0.2, 0.25) is 5.91 Å². The minimum atomic E-state index is -0.722. The summed E-state index contributed by atoms with van der Waals surface area (Å²) in [6, 6.07) is 9.22. The van der Waals surface area contributed by atoms with E-state index in [0.29, 0.717) is 30.4 Å². The van der Waals surface area contributed by atoms with Gasteiger partial charge in [-0.2, -0.15) is 0 Å². The molecule has 8 heteroatoms. The van der Waals surface area contributed by atoms with Crippen molar-refractivity contribution in [1.82, 2.24) is 0 Å². The zero-order valence-corrected chi connectivity index (χ0v) is 12.7. The van der Waals surface area contributed by atoms with Gasteiger partial charge in [0.1, 0.15) is 5.69 Å². The number of fused-ring (bicyclic) bond motifs is 1. The summed E-state index contributed by atoms with van der Waals surface area (Å²) in [4.78, 5) is 21.8. The van der Waals surface area contributed by atoms with Crippen LogP contribution in [0.3, 0.4) is 0 Å². The van der Waals surface area contributed by atoms with E-state index in [4.69, 9.17) is 15.2 Å². The lowest BCUT2D eigenvalue weighted by molar-refractivity contribution is -0.383. The van der Waals surface area contributed by atoms with E-state index in [1.807, 2.05) is 0 Å². The van der Waals surface area contributed by atoms with Crippen LogP contribution in [0.15, 0.2) is 36.4 Å². The van der Waals surface area contributed by atoms with E-state index >= 15 is 0 Å². The maximum atomic E-state index is 11.2. The topological polar surface area (TPSA) is 117 Å². The molecular formula is C16H15N3O5. The summed E-state index contributed by atoms with van der Waals surface area (Å²) in [5.74, 6) is 0.491. The van der Waals surface area contributed by atoms with Gasteiger partial charge in [0.05, 0.1) is 18.1 Å². The third-order valence-corrected chi connectivity index (χ3v) is 3.51. The van der Waals surface area contributed by atoms with Crippen LogP contribution in [0.4, 0.5) is 17.1 Å². The number of nitrogens with zero attached hydrogens (tertiary/aromatic N) is 1. The lowest BCUT2D eigenvalue weighted by Gasteiger charge is -2.11. The molecule has 0 bridgehead atoms. The number of nitro groups is 1. The van der Waals surface area contributed by atoms with E-state index in [1.165, 1.54) is 12.1 Å². The maximum absolute atomic E-state index is 11.2. The zero-order valence-electron chi connectivity index (χ0n) is 12.7. The van der Waals surface area contributed by atoms with Crippen molar-refractivity contribution < 1.29 is 19.2 Å². The first-order valence-electron chi connectivity index (χ1n) is 7.29. The molecule has 124 valence electrons. The number of nitrogens with one attached hydrogen (secondary N) is 1. The molecule has 1 aliphatic heterocycles. The highest BCUT2D eigenvalue weighted by molar-refractivity contribution is 5.94. The Morgan fingerprint density at radius 3 is 2.58 bits per heavy atom. The molecule has 0 saturated carbocycles. The van der Waals surface area contributed by atoms with Crippen LogP contribution >= 0.6 is 0 Å². The number of ether oxygens (including phenoxy) is 2. The quantitative estimate of drug-likeness (QED) is 0.658. The molecule has 1 aliphatic rings. The molecule has 0 aromatic heterocycles. The fourth-order valence-electron chi connectivity index (χ4n) is 2.34. The van der Waals surface area contributed by atoms with Crippen molar-refractivity contribution in [3.8, 4) is 11.5 Å². The van der Waals surface area contributed by atoms with Crippen LogP contribution in [0.1, 0.15) is 16.8 Å². The molecule has 8 nitrogen and oxygen atoms in total. The van der Waals surface area contributed by atoms with Crippen molar-refractivity contribution >= 4 is 23.0 Å². The van der Waals surface area contributed by atoms with Gasteiger partial charge < -0.3 is 20.5 Å². The minimum Gasteiger partial charge on any atom is -0.490 e. The molecule has 2 aromatic rings. The molecule has 24 heavy (non-hydrogen) atoms. The van der Waals surface area contributed by atoms with Gasteiger partial charge in [0.25, 0.3) is 5.69 Å². The second kappa shape index (κ2) is 6.45. The van der Waals surface area contributed by atoms with Crippen molar-refractivity contribution in [2.75, 3.05) is 18.5 Å². The first-order valence-corrected chi connectivity index (χ1v) is 7.29. The van der Waals surface area contributed by atoms with Crippen molar-refractivity contribution in [2.24, 2.45) is 5.73 Å². The fourth-order valence-corrected chi connectivity index (χ4v) is 2.34. The van der Waals surface area contributed by atoms with Crippen LogP contribution < -0.4 is 20.5 Å². The molecule has 1 heterocycles. The number of anilines is 2. The number of benzene rings is 2. The molecule has 0 aliphatic carbocycles. The van der Waals surface area contributed by atoms with Gasteiger partial charge in [0, 0.05) is 29.8 Å². The van der Waals surface area contributed by atoms with Crippen LogP contribution in [0.2, 0.25) is 0 Å². The Bertz CT molecular complexity index is 806. The van der Waals surface area contributed by atoms with Gasteiger partial charge >= 0.3 is 0 Å². The average Bonchev–Trinajstić information content (AvgIpc) is 2.79. The molecule has 1 amide bonds. The lowest BCUT2D eigenvalue weighted by atomic mass is 10.1. The summed E-state index contributed by atoms with van der Waals surface area (Å²) in [5, 5.41) is 14.2. The number of nitrogens with two attached hydrogens (primary N) is 1. The molecule has 0 spiro atoms. The Morgan fingerprint density at radius 1 is 1.12 bits per heavy atom. The molecule has 0 saturated heterocycles. The predicted octanol–water partition coefficient (Wildman–Crippen LogP) is 2.60. The second-order valence-corrected chi connectivity index (χ2v) is 5.19. The van der Waals surface area contributed by atoms with Crippen molar-refractivity contribution in [3.63, 3.8) is 0 Å². The normalized spacial score (nSPS) is 13.0. The largest absolute Gasteiger partial charge is 0.490 e. The number of hydrogen-bond donors (Lipinski definition) is 2. The molecule has 0 radical (unpaired) electrons. The third kappa shape index (κ3) is 3.22. The van der Waals surface area contributed by atoms with Gasteiger partial charge in [-0.15, -0.1) is 0 Å². The van der Waals surface area contributed by atoms with Crippen LogP contribution in [-0.4, -0.2) is 24.0 Å². The van der Waals surface area contributed by atoms with E-state index in [0.717, 1.165) is 12.5 Å². The van der Waals surface area contributed by atoms with Crippen LogP contribution in [0.5, 0.6) is 11.5 Å². The molecule has 2 aromatic carbocycles. The number of carbonyl (C=O) groups is 1. The number of primary amides is 1. The predicted molar refractivity (Wildman–Crippen MR) is 86.9 cm³/mol. The minimum absolute atomic E-state index is 0.0749. The molecule has 0 unspecified atom stereocenters. The van der Waals surface area contributed by atoms with E-state index in [-0.39, 0.29) is 16.9 Å². The SMILES string of the molecule is NC(=O)c1ccc(Nc2ccc3c(c2)OCCCO3)c([N+](=O)[O-])c1. The third-order valence-electron chi connectivity index (χ3n) is 3.51. The summed E-state index contributed by atoms with van der Waals surface area (Å²) >= 11 is 0. The Hall–Kier alpha value is -3.29. The van der Waals surface area contributed by atoms with E-state index < -0.39 is 10.8 Å². The smallest absolute Gasteiger partial charge is 0.293 e. The Kier molecular flexibility index (Phi) is 4.19. The van der Waals surface area contributed by atoms with Gasteiger partial charge in [0.15, 0.2) is 11.5 Å². The number of carbonyl (C=O) groups excluding carboxylic acids is 1. The lowest BCUT2D eigenvalue weighted by Crippen LogP contribution is -2.11. The first-order chi connectivity index (χ1) is 11.5. The molecule has 3 rings (SSSR count). The first kappa shape index (κ1) is 15.6.